The molecule has 88 valence electrons. The summed E-state index contributed by atoms with van der Waals surface area (Å²) in [4.78, 5) is 1.06. The van der Waals surface area contributed by atoms with Crippen LogP contribution >= 0.6 is 11.3 Å². The van der Waals surface area contributed by atoms with Crippen LogP contribution in [0.25, 0.3) is 10.4 Å². The van der Waals surface area contributed by atoms with Crippen molar-refractivity contribution < 1.29 is 4.74 Å². The van der Waals surface area contributed by atoms with Gasteiger partial charge in [0.05, 0.1) is 11.7 Å². The first-order chi connectivity index (χ1) is 8.60. The molecule has 0 N–H and O–H groups in total. The summed E-state index contributed by atoms with van der Waals surface area (Å²) in [6.45, 7) is 3.88. The van der Waals surface area contributed by atoms with Gasteiger partial charge in [0, 0.05) is 4.88 Å². The van der Waals surface area contributed by atoms with Gasteiger partial charge in [0.15, 0.2) is 0 Å². The van der Waals surface area contributed by atoms with Crippen LogP contribution in [-0.2, 0) is 0 Å². The molecule has 0 spiro atoms. The van der Waals surface area contributed by atoms with Crippen LogP contribution in [0.2, 0.25) is 0 Å². The Morgan fingerprint density at radius 2 is 2.11 bits per heavy atom. The van der Waals surface area contributed by atoms with Crippen LogP contribution < -0.4 is 10.2 Å². The molecular formula is C14H12BNOS. The zero-order valence-electron chi connectivity index (χ0n) is 10.3. The molecule has 2 radical (unpaired) electrons. The zero-order valence-corrected chi connectivity index (χ0v) is 11.1. The molecule has 0 bridgehead atoms. The lowest BCUT2D eigenvalue weighted by atomic mass is 9.99. The molecule has 2 aromatic rings. The standard InChI is InChI=1S/C14H12BNOS/c1-9(2)17-13-4-3-10(5-11(13)7-16)14-6-12(15)8-18-14/h3-6,8-9H,1-2H3. The van der Waals surface area contributed by atoms with Gasteiger partial charge in [-0.25, -0.2) is 0 Å². The van der Waals surface area contributed by atoms with Gasteiger partial charge in [0.25, 0.3) is 0 Å². The molecule has 0 saturated carbocycles. The second kappa shape index (κ2) is 5.28. The first-order valence-corrected chi connectivity index (χ1v) is 6.53. The third kappa shape index (κ3) is 2.74. The molecular weight excluding hydrogens is 241 g/mol. The highest BCUT2D eigenvalue weighted by Crippen LogP contribution is 2.29. The fourth-order valence-corrected chi connectivity index (χ4v) is 2.43. The molecule has 1 aromatic carbocycles. The van der Waals surface area contributed by atoms with E-state index < -0.39 is 0 Å². The highest BCUT2D eigenvalue weighted by molar-refractivity contribution is 7.14. The van der Waals surface area contributed by atoms with Gasteiger partial charge >= 0.3 is 0 Å². The van der Waals surface area contributed by atoms with E-state index in [1.807, 2.05) is 43.5 Å². The third-order valence-corrected chi connectivity index (χ3v) is 3.36. The van der Waals surface area contributed by atoms with Gasteiger partial charge in [0.2, 0.25) is 0 Å². The summed E-state index contributed by atoms with van der Waals surface area (Å²) in [7, 11) is 5.70. The summed E-state index contributed by atoms with van der Waals surface area (Å²) in [6, 6.07) is 9.69. The van der Waals surface area contributed by atoms with E-state index in [0.29, 0.717) is 11.3 Å². The highest BCUT2D eigenvalue weighted by Gasteiger charge is 2.08. The van der Waals surface area contributed by atoms with Crippen molar-refractivity contribution in [1.82, 2.24) is 0 Å². The number of hydrogen-bond donors (Lipinski definition) is 0. The summed E-state index contributed by atoms with van der Waals surface area (Å²) in [5, 5.41) is 11.0. The highest BCUT2D eigenvalue weighted by atomic mass is 32.1. The number of thiophene rings is 1. The maximum absolute atomic E-state index is 9.16. The van der Waals surface area contributed by atoms with Crippen LogP contribution in [0.1, 0.15) is 19.4 Å². The Balaban J connectivity index is 2.39. The van der Waals surface area contributed by atoms with Gasteiger partial charge in [-0.3, -0.25) is 0 Å². The Labute approximate surface area is 112 Å². The molecule has 18 heavy (non-hydrogen) atoms. The van der Waals surface area contributed by atoms with Crippen LogP contribution in [0, 0.1) is 11.3 Å². The van der Waals surface area contributed by atoms with Crippen molar-refractivity contribution in [2.75, 3.05) is 0 Å². The Morgan fingerprint density at radius 1 is 1.33 bits per heavy atom. The van der Waals surface area contributed by atoms with Gasteiger partial charge in [-0.15, -0.1) is 11.3 Å². The fourth-order valence-electron chi connectivity index (χ4n) is 1.63. The molecule has 4 heteroatoms. The first-order valence-electron chi connectivity index (χ1n) is 5.65. The first kappa shape index (κ1) is 12.7. The number of hydrogen-bond acceptors (Lipinski definition) is 3. The summed E-state index contributed by atoms with van der Waals surface area (Å²) >= 11 is 1.57. The molecule has 1 aromatic heterocycles. The van der Waals surface area contributed by atoms with Crippen LogP contribution in [-0.4, -0.2) is 14.0 Å². The van der Waals surface area contributed by atoms with Crippen LogP contribution in [0.5, 0.6) is 5.75 Å². The van der Waals surface area contributed by atoms with E-state index >= 15 is 0 Å². The minimum Gasteiger partial charge on any atom is -0.490 e. The van der Waals surface area contributed by atoms with Crippen molar-refractivity contribution in [2.45, 2.75) is 20.0 Å². The lowest BCUT2D eigenvalue weighted by Gasteiger charge is -2.11. The Bertz CT molecular complexity index is 598. The van der Waals surface area contributed by atoms with Crippen molar-refractivity contribution in [3.63, 3.8) is 0 Å². The molecule has 0 fully saturated rings. The van der Waals surface area contributed by atoms with Crippen molar-refractivity contribution in [3.05, 3.63) is 35.2 Å². The van der Waals surface area contributed by atoms with E-state index in [1.54, 1.807) is 11.3 Å². The van der Waals surface area contributed by atoms with Crippen LogP contribution in [0.4, 0.5) is 0 Å². The summed E-state index contributed by atoms with van der Waals surface area (Å²) in [5.74, 6) is 0.626. The quantitative estimate of drug-likeness (QED) is 0.788. The molecule has 2 rings (SSSR count). The molecule has 0 atom stereocenters. The minimum absolute atomic E-state index is 0.0559. The smallest absolute Gasteiger partial charge is 0.137 e. The number of nitriles is 1. The van der Waals surface area contributed by atoms with E-state index in [-0.39, 0.29) is 6.10 Å². The number of nitrogens with zero attached hydrogens (tertiary/aromatic N) is 1. The Hall–Kier alpha value is -1.73. The molecule has 1 heterocycles. The SMILES string of the molecule is [B]c1csc(-c2ccc(OC(C)C)c(C#N)c2)c1. The van der Waals surface area contributed by atoms with Gasteiger partial charge in [-0.2, -0.15) is 5.26 Å². The maximum Gasteiger partial charge on any atom is 0.137 e. The van der Waals surface area contributed by atoms with E-state index in [1.165, 1.54) is 0 Å². The lowest BCUT2D eigenvalue weighted by Crippen LogP contribution is -2.06. The second-order valence-electron chi connectivity index (χ2n) is 4.23. The van der Waals surface area contributed by atoms with Gasteiger partial charge in [-0.05, 0) is 43.0 Å². The number of benzene rings is 1. The summed E-state index contributed by atoms with van der Waals surface area (Å²) in [5.41, 5.74) is 2.29. The molecule has 0 aliphatic carbocycles. The van der Waals surface area contributed by atoms with Crippen molar-refractivity contribution in [3.8, 4) is 22.3 Å². The van der Waals surface area contributed by atoms with Crippen LogP contribution in [0.3, 0.4) is 0 Å². The zero-order chi connectivity index (χ0) is 13.1. The maximum atomic E-state index is 9.16. The van der Waals surface area contributed by atoms with Crippen molar-refractivity contribution in [2.24, 2.45) is 0 Å². The summed E-state index contributed by atoms with van der Waals surface area (Å²) in [6.07, 6.45) is 0.0559. The predicted molar refractivity (Wildman–Crippen MR) is 75.6 cm³/mol. The average Bonchev–Trinajstić information content (AvgIpc) is 2.75. The molecule has 2 nitrogen and oxygen atoms in total. The van der Waals surface area contributed by atoms with E-state index in [2.05, 4.69) is 6.07 Å². The van der Waals surface area contributed by atoms with E-state index in [4.69, 9.17) is 17.8 Å². The van der Waals surface area contributed by atoms with Gasteiger partial charge in [0.1, 0.15) is 19.7 Å². The minimum atomic E-state index is 0.0559. The summed E-state index contributed by atoms with van der Waals surface area (Å²) < 4.78 is 5.59. The average molecular weight is 253 g/mol. The molecule has 0 aliphatic rings. The number of ether oxygens (including phenoxy) is 1. The normalized spacial score (nSPS) is 10.3. The largest absolute Gasteiger partial charge is 0.490 e. The molecule has 0 aliphatic heterocycles. The van der Waals surface area contributed by atoms with Crippen LogP contribution in [0.15, 0.2) is 29.6 Å². The van der Waals surface area contributed by atoms with Gasteiger partial charge in [-0.1, -0.05) is 11.5 Å². The van der Waals surface area contributed by atoms with Crippen molar-refractivity contribution >= 4 is 24.6 Å². The van der Waals surface area contributed by atoms with E-state index in [0.717, 1.165) is 15.9 Å². The third-order valence-electron chi connectivity index (χ3n) is 2.37. The number of rotatable bonds is 3. The fraction of sp³-hybridized carbons (Fsp3) is 0.214. The van der Waals surface area contributed by atoms with Crippen molar-refractivity contribution in [1.29, 1.82) is 5.26 Å². The lowest BCUT2D eigenvalue weighted by molar-refractivity contribution is 0.242. The van der Waals surface area contributed by atoms with Gasteiger partial charge < -0.3 is 4.74 Å². The molecule has 0 amide bonds. The Morgan fingerprint density at radius 3 is 2.67 bits per heavy atom. The molecule has 0 unspecified atom stereocenters. The van der Waals surface area contributed by atoms with E-state index in [9.17, 15) is 0 Å². The molecule has 0 saturated heterocycles. The second-order valence-corrected chi connectivity index (χ2v) is 5.14. The Kier molecular flexibility index (Phi) is 3.73. The topological polar surface area (TPSA) is 33.0 Å². The monoisotopic (exact) mass is 253 g/mol. The predicted octanol–water partition coefficient (Wildman–Crippen LogP) is 2.87.